The van der Waals surface area contributed by atoms with E-state index >= 15 is 0 Å². The van der Waals surface area contributed by atoms with Crippen molar-refractivity contribution in [3.05, 3.63) is 122 Å². The van der Waals surface area contributed by atoms with Crippen LogP contribution in [0, 0.1) is 0 Å². The fraction of sp³-hybridized carbons (Fsp3) is 0.0323. The summed E-state index contributed by atoms with van der Waals surface area (Å²) in [5.41, 5.74) is 6.28. The molecular formula is C31H23NO. The standard InChI is InChI=1S/C31H23NO/c1-3-4-6-11-21(2)27-20-33-30-19-29-26(18-25(27)30)31-24-15-10-9-12-22(24)16-17-28(31)32(29)23-13-7-5-8-14-23/h3-20H,2H2,1H3/b4-3-,11-6-. The molecule has 0 radical (unpaired) electrons. The van der Waals surface area contributed by atoms with Gasteiger partial charge in [0.25, 0.3) is 0 Å². The molecule has 2 aromatic heterocycles. The van der Waals surface area contributed by atoms with Gasteiger partial charge in [-0.2, -0.15) is 0 Å². The van der Waals surface area contributed by atoms with Crippen LogP contribution in [0.3, 0.4) is 0 Å². The van der Waals surface area contributed by atoms with Crippen molar-refractivity contribution in [2.45, 2.75) is 6.92 Å². The minimum Gasteiger partial charge on any atom is -0.464 e. The highest BCUT2D eigenvalue weighted by atomic mass is 16.3. The van der Waals surface area contributed by atoms with Gasteiger partial charge in [-0.25, -0.2) is 0 Å². The Labute approximate surface area is 192 Å². The fourth-order valence-corrected chi connectivity index (χ4v) is 4.78. The van der Waals surface area contributed by atoms with Gasteiger partial charge in [0.2, 0.25) is 0 Å². The molecule has 0 unspecified atom stereocenters. The van der Waals surface area contributed by atoms with Gasteiger partial charge in [-0.1, -0.05) is 79.4 Å². The number of aromatic nitrogens is 1. The fourth-order valence-electron chi connectivity index (χ4n) is 4.78. The first-order valence-electron chi connectivity index (χ1n) is 11.2. The van der Waals surface area contributed by atoms with E-state index in [-0.39, 0.29) is 0 Å². The lowest BCUT2D eigenvalue weighted by Crippen LogP contribution is -1.93. The molecule has 2 nitrogen and oxygen atoms in total. The monoisotopic (exact) mass is 425 g/mol. The van der Waals surface area contributed by atoms with Crippen molar-refractivity contribution in [1.29, 1.82) is 0 Å². The first kappa shape index (κ1) is 19.4. The summed E-state index contributed by atoms with van der Waals surface area (Å²) in [6.07, 6.45) is 9.86. The maximum Gasteiger partial charge on any atom is 0.136 e. The molecule has 158 valence electrons. The lowest BCUT2D eigenvalue weighted by Gasteiger charge is -2.08. The highest BCUT2D eigenvalue weighted by molar-refractivity contribution is 6.23. The second kappa shape index (κ2) is 7.68. The molecule has 0 saturated carbocycles. The quantitative estimate of drug-likeness (QED) is 0.258. The molecule has 0 aliphatic rings. The number of hydrogen-bond donors (Lipinski definition) is 0. The summed E-state index contributed by atoms with van der Waals surface area (Å²) < 4.78 is 8.37. The molecule has 0 N–H and O–H groups in total. The predicted octanol–water partition coefficient (Wildman–Crippen LogP) is 8.83. The Bertz CT molecular complexity index is 1730. The van der Waals surface area contributed by atoms with E-state index in [1.54, 1.807) is 0 Å². The maximum atomic E-state index is 6.03. The third-order valence-electron chi connectivity index (χ3n) is 6.31. The van der Waals surface area contributed by atoms with Crippen LogP contribution in [0.15, 0.2) is 120 Å². The molecule has 0 fully saturated rings. The van der Waals surface area contributed by atoms with E-state index in [1.807, 2.05) is 37.5 Å². The van der Waals surface area contributed by atoms with Gasteiger partial charge in [-0.3, -0.25) is 0 Å². The largest absolute Gasteiger partial charge is 0.464 e. The van der Waals surface area contributed by atoms with Crippen LogP contribution in [0.4, 0.5) is 0 Å². The number of benzene rings is 4. The SMILES string of the molecule is C=C(/C=C\C=C/C)c1coc2cc3c(cc12)c1c2ccccc2ccc1n3-c1ccccc1. The number of rotatable bonds is 4. The Morgan fingerprint density at radius 2 is 1.64 bits per heavy atom. The van der Waals surface area contributed by atoms with Crippen LogP contribution in [0.2, 0.25) is 0 Å². The smallest absolute Gasteiger partial charge is 0.136 e. The normalized spacial score (nSPS) is 12.3. The van der Waals surface area contributed by atoms with Gasteiger partial charge in [-0.15, -0.1) is 0 Å². The topological polar surface area (TPSA) is 18.1 Å². The third kappa shape index (κ3) is 3.03. The molecule has 4 aromatic carbocycles. The van der Waals surface area contributed by atoms with E-state index < -0.39 is 0 Å². The van der Waals surface area contributed by atoms with Crippen LogP contribution in [0.25, 0.3) is 54.8 Å². The summed E-state index contributed by atoms with van der Waals surface area (Å²) in [5.74, 6) is 0. The molecule has 2 heterocycles. The zero-order valence-electron chi connectivity index (χ0n) is 18.5. The molecule has 33 heavy (non-hydrogen) atoms. The van der Waals surface area contributed by atoms with Crippen molar-refractivity contribution in [2.75, 3.05) is 0 Å². The molecule has 0 atom stereocenters. The van der Waals surface area contributed by atoms with Crippen LogP contribution in [0.1, 0.15) is 12.5 Å². The second-order valence-corrected chi connectivity index (χ2v) is 8.28. The third-order valence-corrected chi connectivity index (χ3v) is 6.31. The van der Waals surface area contributed by atoms with Crippen molar-refractivity contribution >= 4 is 49.1 Å². The summed E-state index contributed by atoms with van der Waals surface area (Å²) in [4.78, 5) is 0. The van der Waals surface area contributed by atoms with E-state index in [0.29, 0.717) is 0 Å². The summed E-state index contributed by atoms with van der Waals surface area (Å²) in [5, 5.41) is 6.05. The van der Waals surface area contributed by atoms with Gasteiger partial charge in [0, 0.05) is 33.5 Å². The zero-order chi connectivity index (χ0) is 22.4. The average Bonchev–Trinajstić information content (AvgIpc) is 3.42. The maximum absolute atomic E-state index is 6.03. The van der Waals surface area contributed by atoms with Crippen molar-refractivity contribution in [3.63, 3.8) is 0 Å². The predicted molar refractivity (Wildman–Crippen MR) is 141 cm³/mol. The van der Waals surface area contributed by atoms with Crippen LogP contribution < -0.4 is 0 Å². The molecule has 0 spiro atoms. The number of allylic oxidation sites excluding steroid dienone is 5. The molecule has 0 saturated heterocycles. The van der Waals surface area contributed by atoms with E-state index in [2.05, 4.69) is 90.0 Å². The Morgan fingerprint density at radius 3 is 2.48 bits per heavy atom. The number of nitrogens with zero attached hydrogens (tertiary/aromatic N) is 1. The summed E-state index contributed by atoms with van der Waals surface area (Å²) in [6.45, 7) is 6.28. The lowest BCUT2D eigenvalue weighted by atomic mass is 10.0. The number of fused-ring (bicyclic) bond motifs is 6. The van der Waals surface area contributed by atoms with Crippen molar-refractivity contribution in [2.24, 2.45) is 0 Å². The van der Waals surface area contributed by atoms with E-state index in [4.69, 9.17) is 4.42 Å². The highest BCUT2D eigenvalue weighted by Crippen LogP contribution is 2.40. The minimum atomic E-state index is 0.863. The Hall–Kier alpha value is -4.30. The molecule has 0 aliphatic carbocycles. The van der Waals surface area contributed by atoms with E-state index in [0.717, 1.165) is 33.3 Å². The lowest BCUT2D eigenvalue weighted by molar-refractivity contribution is 0.615. The van der Waals surface area contributed by atoms with Crippen molar-refractivity contribution < 1.29 is 4.42 Å². The van der Waals surface area contributed by atoms with Crippen LogP contribution in [-0.2, 0) is 0 Å². The van der Waals surface area contributed by atoms with Crippen LogP contribution >= 0.6 is 0 Å². The minimum absolute atomic E-state index is 0.863. The Balaban J connectivity index is 1.73. The Morgan fingerprint density at radius 1 is 0.818 bits per heavy atom. The molecule has 0 amide bonds. The summed E-state index contributed by atoms with van der Waals surface area (Å²) in [7, 11) is 0. The molecular weight excluding hydrogens is 402 g/mol. The number of furan rings is 1. The van der Waals surface area contributed by atoms with Gasteiger partial charge >= 0.3 is 0 Å². The van der Waals surface area contributed by atoms with Gasteiger partial charge in [-0.05, 0) is 47.5 Å². The van der Waals surface area contributed by atoms with Gasteiger partial charge in [0.15, 0.2) is 0 Å². The van der Waals surface area contributed by atoms with Crippen LogP contribution in [0.5, 0.6) is 0 Å². The van der Waals surface area contributed by atoms with Crippen molar-refractivity contribution in [1.82, 2.24) is 4.57 Å². The first-order valence-corrected chi connectivity index (χ1v) is 11.2. The number of para-hydroxylation sites is 1. The Kier molecular flexibility index (Phi) is 4.51. The average molecular weight is 426 g/mol. The first-order chi connectivity index (χ1) is 16.3. The van der Waals surface area contributed by atoms with Gasteiger partial charge in [0.05, 0.1) is 17.3 Å². The molecule has 6 aromatic rings. The van der Waals surface area contributed by atoms with Crippen molar-refractivity contribution in [3.8, 4) is 5.69 Å². The molecule has 0 bridgehead atoms. The highest BCUT2D eigenvalue weighted by Gasteiger charge is 2.18. The van der Waals surface area contributed by atoms with Gasteiger partial charge in [0.1, 0.15) is 5.58 Å². The van der Waals surface area contributed by atoms with Gasteiger partial charge < -0.3 is 8.98 Å². The number of hydrogen-bond acceptors (Lipinski definition) is 1. The second-order valence-electron chi connectivity index (χ2n) is 8.28. The molecule has 2 heteroatoms. The van der Waals surface area contributed by atoms with E-state index in [1.165, 1.54) is 27.1 Å². The van der Waals surface area contributed by atoms with E-state index in [9.17, 15) is 0 Å². The zero-order valence-corrected chi connectivity index (χ0v) is 18.5. The van der Waals surface area contributed by atoms with Crippen LogP contribution in [-0.4, -0.2) is 4.57 Å². The molecule has 6 rings (SSSR count). The summed E-state index contributed by atoms with van der Waals surface area (Å²) in [6, 6.07) is 28.0. The molecule has 0 aliphatic heterocycles. The summed E-state index contributed by atoms with van der Waals surface area (Å²) >= 11 is 0.